The van der Waals surface area contributed by atoms with E-state index in [4.69, 9.17) is 18.9 Å². The zero-order valence-electron chi connectivity index (χ0n) is 17.9. The van der Waals surface area contributed by atoms with E-state index in [1.807, 2.05) is 12.1 Å². The number of hydrogen-bond donors (Lipinski definition) is 0. The van der Waals surface area contributed by atoms with E-state index >= 15 is 0 Å². The number of carbonyl (C=O) groups excluding carboxylic acids is 1. The van der Waals surface area contributed by atoms with Gasteiger partial charge in [0.15, 0.2) is 0 Å². The molecule has 3 aromatic rings. The van der Waals surface area contributed by atoms with Gasteiger partial charge in [-0.25, -0.2) is 4.79 Å². The molecule has 0 unspecified atom stereocenters. The lowest BCUT2D eigenvalue weighted by molar-refractivity contribution is -0.137. The predicted octanol–water partition coefficient (Wildman–Crippen LogP) is 6.24. The Morgan fingerprint density at radius 1 is 0.848 bits per heavy atom. The first kappa shape index (κ1) is 23.7. The second-order valence-corrected chi connectivity index (χ2v) is 6.80. The quantitative estimate of drug-likeness (QED) is 0.227. The van der Waals surface area contributed by atoms with Crippen LogP contribution in [0.3, 0.4) is 0 Å². The molecule has 0 aliphatic carbocycles. The van der Waals surface area contributed by atoms with Crippen molar-refractivity contribution in [2.24, 2.45) is 0 Å². The molecule has 0 amide bonds. The van der Waals surface area contributed by atoms with Crippen LogP contribution in [0.4, 0.5) is 13.2 Å². The second kappa shape index (κ2) is 10.6. The van der Waals surface area contributed by atoms with Crippen LogP contribution in [-0.2, 0) is 27.1 Å². The Morgan fingerprint density at radius 3 is 2.00 bits per heavy atom. The molecule has 0 fully saturated rings. The molecule has 0 aliphatic heterocycles. The van der Waals surface area contributed by atoms with Crippen molar-refractivity contribution >= 4 is 11.5 Å². The summed E-state index contributed by atoms with van der Waals surface area (Å²) in [6.45, 7) is 0.174. The van der Waals surface area contributed by atoms with Crippen LogP contribution in [0.15, 0.2) is 79.1 Å². The van der Waals surface area contributed by atoms with E-state index in [-0.39, 0.29) is 17.9 Å². The molecule has 0 aromatic heterocycles. The third-order valence-electron chi connectivity index (χ3n) is 4.58. The molecule has 0 saturated heterocycles. The maximum Gasteiger partial charge on any atom is 0.416 e. The topological polar surface area (TPSA) is 54.0 Å². The summed E-state index contributed by atoms with van der Waals surface area (Å²) in [6.07, 6.45) is -3.08. The SMILES string of the molecule is CO/C=C(/C(=O)OC)c1ccccc1COc1ccc(Oc2ccc(C(F)(F)F)cc2)cc1. The molecule has 3 rings (SSSR count). The lowest BCUT2D eigenvalue weighted by Gasteiger charge is -2.13. The fourth-order valence-electron chi connectivity index (χ4n) is 2.97. The zero-order valence-corrected chi connectivity index (χ0v) is 17.9. The Balaban J connectivity index is 1.67. The first-order valence-electron chi connectivity index (χ1n) is 9.79. The van der Waals surface area contributed by atoms with Gasteiger partial charge in [0.2, 0.25) is 0 Å². The average Bonchev–Trinajstić information content (AvgIpc) is 2.82. The molecule has 3 aromatic carbocycles. The number of rotatable bonds is 8. The molecular weight excluding hydrogens is 437 g/mol. The minimum atomic E-state index is -4.40. The summed E-state index contributed by atoms with van der Waals surface area (Å²) in [4.78, 5) is 12.1. The van der Waals surface area contributed by atoms with Gasteiger partial charge in [0.25, 0.3) is 0 Å². The van der Waals surface area contributed by atoms with Gasteiger partial charge in [-0.05, 0) is 59.7 Å². The summed E-state index contributed by atoms with van der Waals surface area (Å²) in [6, 6.07) is 18.3. The number of alkyl halides is 3. The Morgan fingerprint density at radius 2 is 1.42 bits per heavy atom. The van der Waals surface area contributed by atoms with Crippen molar-refractivity contribution < 1.29 is 36.9 Å². The summed E-state index contributed by atoms with van der Waals surface area (Å²) in [7, 11) is 2.73. The minimum Gasteiger partial charge on any atom is -0.503 e. The highest BCUT2D eigenvalue weighted by Crippen LogP contribution is 2.32. The fraction of sp³-hybridized carbons (Fsp3) is 0.160. The fourth-order valence-corrected chi connectivity index (χ4v) is 2.97. The first-order valence-corrected chi connectivity index (χ1v) is 9.79. The third kappa shape index (κ3) is 6.29. The predicted molar refractivity (Wildman–Crippen MR) is 116 cm³/mol. The van der Waals surface area contributed by atoms with E-state index in [2.05, 4.69) is 0 Å². The van der Waals surface area contributed by atoms with Gasteiger partial charge in [-0.1, -0.05) is 24.3 Å². The first-order chi connectivity index (χ1) is 15.8. The van der Waals surface area contributed by atoms with E-state index in [1.165, 1.54) is 32.6 Å². The molecule has 5 nitrogen and oxygen atoms in total. The minimum absolute atomic E-state index is 0.174. The molecule has 0 saturated carbocycles. The number of hydrogen-bond acceptors (Lipinski definition) is 5. The van der Waals surface area contributed by atoms with E-state index in [9.17, 15) is 18.0 Å². The van der Waals surface area contributed by atoms with Gasteiger partial charge >= 0.3 is 12.1 Å². The Labute approximate surface area is 189 Å². The van der Waals surface area contributed by atoms with Crippen molar-refractivity contribution in [3.05, 3.63) is 95.7 Å². The van der Waals surface area contributed by atoms with Gasteiger partial charge in [0, 0.05) is 0 Å². The van der Waals surface area contributed by atoms with Gasteiger partial charge < -0.3 is 18.9 Å². The lowest BCUT2D eigenvalue weighted by atomic mass is 10.0. The van der Waals surface area contributed by atoms with Crippen LogP contribution in [0.2, 0.25) is 0 Å². The number of methoxy groups -OCH3 is 2. The van der Waals surface area contributed by atoms with Crippen molar-refractivity contribution in [3.63, 3.8) is 0 Å². The molecule has 33 heavy (non-hydrogen) atoms. The lowest BCUT2D eigenvalue weighted by Crippen LogP contribution is -2.08. The van der Waals surface area contributed by atoms with Crippen LogP contribution in [0.1, 0.15) is 16.7 Å². The van der Waals surface area contributed by atoms with Gasteiger partial charge in [-0.3, -0.25) is 0 Å². The van der Waals surface area contributed by atoms with Crippen molar-refractivity contribution in [1.29, 1.82) is 0 Å². The summed E-state index contributed by atoms with van der Waals surface area (Å²) in [5, 5.41) is 0. The molecule has 0 bridgehead atoms. The van der Waals surface area contributed by atoms with E-state index < -0.39 is 17.7 Å². The number of ether oxygens (including phenoxy) is 4. The van der Waals surface area contributed by atoms with Crippen molar-refractivity contribution in [1.82, 2.24) is 0 Å². The monoisotopic (exact) mass is 458 g/mol. The van der Waals surface area contributed by atoms with Gasteiger partial charge in [0.1, 0.15) is 29.4 Å². The maximum atomic E-state index is 12.7. The summed E-state index contributed by atoms with van der Waals surface area (Å²) in [5.74, 6) is 0.735. The number of benzene rings is 3. The molecule has 0 aliphatic rings. The molecule has 0 radical (unpaired) electrons. The molecule has 0 atom stereocenters. The Bertz CT molecular complexity index is 1100. The van der Waals surface area contributed by atoms with Crippen molar-refractivity contribution in [2.45, 2.75) is 12.8 Å². The van der Waals surface area contributed by atoms with E-state index in [1.54, 1.807) is 36.4 Å². The van der Waals surface area contributed by atoms with Crippen LogP contribution in [0.25, 0.3) is 5.57 Å². The highest BCUT2D eigenvalue weighted by Gasteiger charge is 2.30. The van der Waals surface area contributed by atoms with Gasteiger partial charge in [0.05, 0.1) is 26.0 Å². The van der Waals surface area contributed by atoms with E-state index in [0.29, 0.717) is 17.1 Å². The molecular formula is C25H21F3O5. The van der Waals surface area contributed by atoms with Crippen molar-refractivity contribution in [2.75, 3.05) is 14.2 Å². The van der Waals surface area contributed by atoms with Crippen LogP contribution < -0.4 is 9.47 Å². The largest absolute Gasteiger partial charge is 0.503 e. The highest BCUT2D eigenvalue weighted by atomic mass is 19.4. The summed E-state index contributed by atoms with van der Waals surface area (Å²) < 4.78 is 59.2. The van der Waals surface area contributed by atoms with E-state index in [0.717, 1.165) is 17.7 Å². The number of esters is 1. The summed E-state index contributed by atoms with van der Waals surface area (Å²) >= 11 is 0. The smallest absolute Gasteiger partial charge is 0.416 e. The number of halogens is 3. The molecule has 8 heteroatoms. The maximum absolute atomic E-state index is 12.7. The average molecular weight is 458 g/mol. The highest BCUT2D eigenvalue weighted by molar-refractivity contribution is 6.16. The van der Waals surface area contributed by atoms with Gasteiger partial charge in [-0.2, -0.15) is 13.2 Å². The Kier molecular flexibility index (Phi) is 7.61. The van der Waals surface area contributed by atoms with Crippen molar-refractivity contribution in [3.8, 4) is 17.2 Å². The Hall–Kier alpha value is -3.94. The van der Waals surface area contributed by atoms with Crippen LogP contribution in [-0.4, -0.2) is 20.2 Å². The normalized spacial score (nSPS) is 11.6. The molecule has 0 N–H and O–H groups in total. The second-order valence-electron chi connectivity index (χ2n) is 6.80. The molecule has 0 heterocycles. The van der Waals surface area contributed by atoms with Crippen LogP contribution >= 0.6 is 0 Å². The van der Waals surface area contributed by atoms with Crippen LogP contribution in [0.5, 0.6) is 17.2 Å². The third-order valence-corrected chi connectivity index (χ3v) is 4.58. The summed E-state index contributed by atoms with van der Waals surface area (Å²) in [5.41, 5.74) is 0.888. The molecule has 0 spiro atoms. The van der Waals surface area contributed by atoms with Gasteiger partial charge in [-0.15, -0.1) is 0 Å². The molecule has 172 valence electrons. The zero-order chi connectivity index (χ0) is 23.8. The number of carbonyl (C=O) groups is 1. The van der Waals surface area contributed by atoms with Crippen LogP contribution in [0, 0.1) is 0 Å². The standard InChI is InChI=1S/C25H21F3O5/c1-30-16-23(24(29)31-2)22-6-4-3-5-17(22)15-32-19-11-13-21(14-12-19)33-20-9-7-18(8-10-20)25(26,27)28/h3-14,16H,15H2,1-2H3/b23-16+.